The highest BCUT2D eigenvalue weighted by Crippen LogP contribution is 2.39. The third-order valence-corrected chi connectivity index (χ3v) is 5.03. The Morgan fingerprint density at radius 3 is 2.53 bits per heavy atom. The van der Waals surface area contributed by atoms with Crippen LogP contribution < -0.4 is 5.32 Å². The van der Waals surface area contributed by atoms with Crippen LogP contribution in [0.1, 0.15) is 28.3 Å². The van der Waals surface area contributed by atoms with Crippen LogP contribution in [-0.2, 0) is 0 Å². The molecule has 92 valence electrons. The normalized spacial score (nSPS) is 12.9. The standard InChI is InChI=1S/C12H13Cl2NS2/c1-3-15-11(9-5-4-7(2)16-9)8-6-10(13)17-12(8)14/h4-6,11,15H,3H2,1-2H3. The second-order valence-electron chi connectivity index (χ2n) is 3.72. The van der Waals surface area contributed by atoms with E-state index in [4.69, 9.17) is 23.2 Å². The van der Waals surface area contributed by atoms with Crippen LogP contribution >= 0.6 is 45.9 Å². The molecule has 0 amide bonds. The Balaban J connectivity index is 2.38. The van der Waals surface area contributed by atoms with Gasteiger partial charge in [-0.1, -0.05) is 30.1 Å². The average Bonchev–Trinajstić information content (AvgIpc) is 2.82. The molecule has 1 N–H and O–H groups in total. The molecule has 2 aromatic rings. The number of halogens is 2. The fourth-order valence-electron chi connectivity index (χ4n) is 1.73. The quantitative estimate of drug-likeness (QED) is 0.826. The van der Waals surface area contributed by atoms with Gasteiger partial charge in [0.15, 0.2) is 0 Å². The first kappa shape index (κ1) is 13.4. The molecule has 0 aliphatic carbocycles. The van der Waals surface area contributed by atoms with Crippen molar-refractivity contribution in [3.05, 3.63) is 42.2 Å². The zero-order valence-electron chi connectivity index (χ0n) is 9.59. The van der Waals surface area contributed by atoms with Gasteiger partial charge in [0.2, 0.25) is 0 Å². The predicted molar refractivity (Wildman–Crippen MR) is 78.9 cm³/mol. The summed E-state index contributed by atoms with van der Waals surface area (Å²) in [6, 6.07) is 6.38. The van der Waals surface area contributed by atoms with Crippen molar-refractivity contribution in [2.45, 2.75) is 19.9 Å². The van der Waals surface area contributed by atoms with Gasteiger partial charge in [0.25, 0.3) is 0 Å². The third kappa shape index (κ3) is 3.04. The maximum absolute atomic E-state index is 6.23. The summed E-state index contributed by atoms with van der Waals surface area (Å²) in [4.78, 5) is 2.58. The number of rotatable bonds is 4. The lowest BCUT2D eigenvalue weighted by Crippen LogP contribution is -2.20. The second kappa shape index (κ2) is 5.72. The summed E-state index contributed by atoms with van der Waals surface area (Å²) in [6.07, 6.45) is 0. The molecule has 1 unspecified atom stereocenters. The topological polar surface area (TPSA) is 12.0 Å². The highest BCUT2D eigenvalue weighted by molar-refractivity contribution is 7.20. The van der Waals surface area contributed by atoms with Crippen LogP contribution in [0, 0.1) is 6.92 Å². The number of thiophene rings is 2. The molecule has 0 saturated heterocycles. The van der Waals surface area contributed by atoms with E-state index < -0.39 is 0 Å². The Morgan fingerprint density at radius 1 is 1.29 bits per heavy atom. The lowest BCUT2D eigenvalue weighted by Gasteiger charge is -2.15. The average molecular weight is 306 g/mol. The lowest BCUT2D eigenvalue weighted by atomic mass is 10.1. The lowest BCUT2D eigenvalue weighted by molar-refractivity contribution is 0.641. The van der Waals surface area contributed by atoms with E-state index in [1.807, 2.05) is 6.07 Å². The van der Waals surface area contributed by atoms with E-state index in [2.05, 4.69) is 31.3 Å². The maximum atomic E-state index is 6.23. The number of hydrogen-bond donors (Lipinski definition) is 1. The van der Waals surface area contributed by atoms with Crippen LogP contribution in [0.4, 0.5) is 0 Å². The second-order valence-corrected chi connectivity index (χ2v) is 7.32. The smallest absolute Gasteiger partial charge is 0.0995 e. The highest BCUT2D eigenvalue weighted by Gasteiger charge is 2.19. The maximum Gasteiger partial charge on any atom is 0.0995 e. The van der Waals surface area contributed by atoms with Crippen molar-refractivity contribution >= 4 is 45.9 Å². The van der Waals surface area contributed by atoms with Crippen LogP contribution in [0.5, 0.6) is 0 Å². The van der Waals surface area contributed by atoms with E-state index in [0.29, 0.717) is 0 Å². The molecule has 0 radical (unpaired) electrons. The van der Waals surface area contributed by atoms with Gasteiger partial charge in [-0.05, 0) is 31.7 Å². The Bertz CT molecular complexity index is 504. The van der Waals surface area contributed by atoms with Gasteiger partial charge < -0.3 is 5.32 Å². The van der Waals surface area contributed by atoms with E-state index in [1.54, 1.807) is 11.3 Å². The first-order valence-corrected chi connectivity index (χ1v) is 7.75. The van der Waals surface area contributed by atoms with Crippen LogP contribution in [0.25, 0.3) is 0 Å². The number of aryl methyl sites for hydroxylation is 1. The van der Waals surface area contributed by atoms with Crippen LogP contribution in [0.15, 0.2) is 18.2 Å². The van der Waals surface area contributed by atoms with E-state index in [0.717, 1.165) is 20.8 Å². The van der Waals surface area contributed by atoms with Crippen molar-refractivity contribution in [2.24, 2.45) is 0 Å². The summed E-state index contributed by atoms with van der Waals surface area (Å²) < 4.78 is 1.51. The summed E-state index contributed by atoms with van der Waals surface area (Å²) >= 11 is 15.5. The summed E-state index contributed by atoms with van der Waals surface area (Å²) in [5.74, 6) is 0. The highest BCUT2D eigenvalue weighted by atomic mass is 35.5. The van der Waals surface area contributed by atoms with Crippen molar-refractivity contribution in [1.29, 1.82) is 0 Å². The zero-order valence-corrected chi connectivity index (χ0v) is 12.7. The minimum Gasteiger partial charge on any atom is -0.306 e. The Morgan fingerprint density at radius 2 is 2.06 bits per heavy atom. The number of nitrogens with one attached hydrogen (secondary N) is 1. The van der Waals surface area contributed by atoms with Crippen LogP contribution in [0.2, 0.25) is 8.67 Å². The van der Waals surface area contributed by atoms with Crippen molar-refractivity contribution in [1.82, 2.24) is 5.32 Å². The molecule has 17 heavy (non-hydrogen) atoms. The fraction of sp³-hybridized carbons (Fsp3) is 0.333. The minimum atomic E-state index is 0.148. The first-order valence-electron chi connectivity index (χ1n) is 5.36. The van der Waals surface area contributed by atoms with Crippen molar-refractivity contribution in [3.63, 3.8) is 0 Å². The van der Waals surface area contributed by atoms with Crippen molar-refractivity contribution < 1.29 is 0 Å². The molecule has 1 nitrogen and oxygen atoms in total. The summed E-state index contributed by atoms with van der Waals surface area (Å²) in [5.41, 5.74) is 1.07. The Kier molecular flexibility index (Phi) is 4.50. The molecule has 2 aromatic heterocycles. The monoisotopic (exact) mass is 305 g/mol. The van der Waals surface area contributed by atoms with Gasteiger partial charge >= 0.3 is 0 Å². The third-order valence-electron chi connectivity index (χ3n) is 2.45. The molecule has 2 rings (SSSR count). The summed E-state index contributed by atoms with van der Waals surface area (Å²) in [5, 5.41) is 3.46. The largest absolute Gasteiger partial charge is 0.306 e. The van der Waals surface area contributed by atoms with E-state index in [1.165, 1.54) is 21.1 Å². The van der Waals surface area contributed by atoms with Crippen LogP contribution in [0.3, 0.4) is 0 Å². The molecule has 0 aliphatic heterocycles. The molecule has 0 fully saturated rings. The van der Waals surface area contributed by atoms with E-state index in [9.17, 15) is 0 Å². The summed E-state index contributed by atoms with van der Waals surface area (Å²) in [7, 11) is 0. The molecular formula is C12H13Cl2NS2. The predicted octanol–water partition coefficient (Wildman–Crippen LogP) is 5.12. The van der Waals surface area contributed by atoms with E-state index in [-0.39, 0.29) is 6.04 Å². The number of hydrogen-bond acceptors (Lipinski definition) is 3. The van der Waals surface area contributed by atoms with Gasteiger partial charge in [0.1, 0.15) is 0 Å². The SMILES string of the molecule is CCNC(c1ccc(C)s1)c1cc(Cl)sc1Cl. The molecule has 1 atom stereocenters. The van der Waals surface area contributed by atoms with Crippen molar-refractivity contribution in [2.75, 3.05) is 6.54 Å². The van der Waals surface area contributed by atoms with Gasteiger partial charge in [-0.3, -0.25) is 0 Å². The summed E-state index contributed by atoms with van der Waals surface area (Å²) in [6.45, 7) is 5.10. The zero-order chi connectivity index (χ0) is 12.4. The first-order chi connectivity index (χ1) is 8.11. The Hall–Kier alpha value is -0.0600. The molecule has 0 aliphatic rings. The minimum absolute atomic E-state index is 0.148. The van der Waals surface area contributed by atoms with Gasteiger partial charge in [-0.15, -0.1) is 22.7 Å². The van der Waals surface area contributed by atoms with Crippen molar-refractivity contribution in [3.8, 4) is 0 Å². The molecule has 2 heterocycles. The molecule has 5 heteroatoms. The van der Waals surface area contributed by atoms with Gasteiger partial charge in [0, 0.05) is 15.3 Å². The molecule has 0 spiro atoms. The molecule has 0 aromatic carbocycles. The van der Waals surface area contributed by atoms with Gasteiger partial charge in [-0.25, -0.2) is 0 Å². The van der Waals surface area contributed by atoms with Gasteiger partial charge in [-0.2, -0.15) is 0 Å². The molecular weight excluding hydrogens is 293 g/mol. The molecule has 0 bridgehead atoms. The molecule has 0 saturated carbocycles. The Labute approximate surface area is 119 Å². The van der Waals surface area contributed by atoms with Crippen LogP contribution in [-0.4, -0.2) is 6.54 Å². The van der Waals surface area contributed by atoms with E-state index >= 15 is 0 Å². The van der Waals surface area contributed by atoms with Gasteiger partial charge in [0.05, 0.1) is 14.7 Å². The fourth-order valence-corrected chi connectivity index (χ4v) is 4.23.